The number of imidazole rings is 1. The number of hydrogen-bond acceptors (Lipinski definition) is 2. The number of halogens is 1. The van der Waals surface area contributed by atoms with Crippen molar-refractivity contribution in [1.29, 1.82) is 0 Å². The highest BCUT2D eigenvalue weighted by Crippen LogP contribution is 2.27. The summed E-state index contributed by atoms with van der Waals surface area (Å²) in [4.78, 5) is 19.8. The first-order chi connectivity index (χ1) is 12.7. The first-order valence-corrected chi connectivity index (χ1v) is 9.60. The van der Waals surface area contributed by atoms with Gasteiger partial charge in [-0.15, -0.1) is 0 Å². The summed E-state index contributed by atoms with van der Waals surface area (Å²) < 4.78 is 2.03. The Morgan fingerprint density at radius 2 is 1.73 bits per heavy atom. The molecule has 3 heterocycles. The number of likely N-dealkylation sites (tertiary alicyclic amines) is 1. The zero-order chi connectivity index (χ0) is 17.9. The largest absolute Gasteiger partial charge is 0.342 e. The van der Waals surface area contributed by atoms with E-state index >= 15 is 0 Å². The summed E-state index contributed by atoms with van der Waals surface area (Å²) in [7, 11) is 0. The van der Waals surface area contributed by atoms with Gasteiger partial charge in [-0.25, -0.2) is 4.98 Å². The minimum Gasteiger partial charge on any atom is -0.342 e. The molecule has 3 aromatic rings. The quantitative estimate of drug-likeness (QED) is 0.678. The van der Waals surface area contributed by atoms with Crippen molar-refractivity contribution in [2.24, 2.45) is 0 Å². The Hall–Kier alpha value is -2.33. The molecular weight excluding hydrogens is 346 g/mol. The highest BCUT2D eigenvalue weighted by Gasteiger charge is 2.21. The summed E-state index contributed by atoms with van der Waals surface area (Å²) in [6.07, 6.45) is 6.98. The minimum absolute atomic E-state index is 0.188. The summed E-state index contributed by atoms with van der Waals surface area (Å²) in [5, 5.41) is 0.694. The van der Waals surface area contributed by atoms with Crippen molar-refractivity contribution in [2.75, 3.05) is 13.1 Å². The highest BCUT2D eigenvalue weighted by atomic mass is 35.5. The van der Waals surface area contributed by atoms with Crippen molar-refractivity contribution in [3.63, 3.8) is 0 Å². The van der Waals surface area contributed by atoms with Gasteiger partial charge < -0.3 is 9.30 Å². The van der Waals surface area contributed by atoms with E-state index in [1.54, 1.807) is 0 Å². The van der Waals surface area contributed by atoms with Crippen LogP contribution in [0.4, 0.5) is 0 Å². The Bertz CT molecular complexity index is 909. The summed E-state index contributed by atoms with van der Waals surface area (Å²) in [6, 6.07) is 13.6. The molecule has 26 heavy (non-hydrogen) atoms. The molecule has 2 aromatic heterocycles. The van der Waals surface area contributed by atoms with Crippen LogP contribution in [0.25, 0.3) is 16.9 Å². The Balaban J connectivity index is 1.71. The smallest absolute Gasteiger partial charge is 0.228 e. The second-order valence-corrected chi connectivity index (χ2v) is 7.25. The van der Waals surface area contributed by atoms with Crippen LogP contribution in [0.3, 0.4) is 0 Å². The zero-order valence-electron chi connectivity index (χ0n) is 14.7. The van der Waals surface area contributed by atoms with Crippen molar-refractivity contribution >= 4 is 23.2 Å². The first kappa shape index (κ1) is 17.1. The van der Waals surface area contributed by atoms with Crippen molar-refractivity contribution in [3.05, 3.63) is 59.4 Å². The van der Waals surface area contributed by atoms with E-state index in [2.05, 4.69) is 0 Å². The number of hydrogen-bond donors (Lipinski definition) is 0. The molecule has 1 aliphatic heterocycles. The molecule has 4 nitrogen and oxygen atoms in total. The summed E-state index contributed by atoms with van der Waals surface area (Å²) in [5.41, 5.74) is 3.64. The predicted molar refractivity (Wildman–Crippen MR) is 104 cm³/mol. The number of pyridine rings is 1. The topological polar surface area (TPSA) is 37.6 Å². The van der Waals surface area contributed by atoms with Gasteiger partial charge in [-0.3, -0.25) is 4.79 Å². The van der Waals surface area contributed by atoms with E-state index in [4.69, 9.17) is 16.6 Å². The van der Waals surface area contributed by atoms with Gasteiger partial charge in [0.25, 0.3) is 0 Å². The Morgan fingerprint density at radius 3 is 2.46 bits per heavy atom. The first-order valence-electron chi connectivity index (χ1n) is 9.22. The third-order valence-electron chi connectivity index (χ3n) is 5.02. The molecule has 5 heteroatoms. The van der Waals surface area contributed by atoms with Gasteiger partial charge in [0.2, 0.25) is 5.91 Å². The second-order valence-electron chi connectivity index (χ2n) is 6.81. The lowest BCUT2D eigenvalue weighted by Gasteiger charge is -2.20. The van der Waals surface area contributed by atoms with Crippen LogP contribution in [0.2, 0.25) is 5.02 Å². The predicted octanol–water partition coefficient (Wildman–Crippen LogP) is 4.60. The number of nitrogens with zero attached hydrogens (tertiary/aromatic N) is 3. The lowest BCUT2D eigenvalue weighted by Crippen LogP contribution is -2.33. The Labute approximate surface area is 158 Å². The van der Waals surface area contributed by atoms with Crippen LogP contribution in [0, 0.1) is 0 Å². The molecule has 1 fully saturated rings. The number of aromatic nitrogens is 2. The number of amides is 1. The van der Waals surface area contributed by atoms with E-state index in [0.29, 0.717) is 11.4 Å². The van der Waals surface area contributed by atoms with Gasteiger partial charge in [0.15, 0.2) is 0 Å². The van der Waals surface area contributed by atoms with Gasteiger partial charge in [-0.05, 0) is 37.1 Å². The van der Waals surface area contributed by atoms with Gasteiger partial charge >= 0.3 is 0 Å². The molecule has 0 bridgehead atoms. The van der Waals surface area contributed by atoms with Crippen LogP contribution in [0.1, 0.15) is 31.4 Å². The van der Waals surface area contributed by atoms with E-state index in [9.17, 15) is 4.79 Å². The molecule has 1 saturated heterocycles. The lowest BCUT2D eigenvalue weighted by molar-refractivity contribution is -0.130. The van der Waals surface area contributed by atoms with Crippen molar-refractivity contribution in [2.45, 2.75) is 32.1 Å². The molecule has 134 valence electrons. The number of carbonyl (C=O) groups excluding carboxylic acids is 1. The molecule has 0 atom stereocenters. The van der Waals surface area contributed by atoms with E-state index in [1.165, 1.54) is 12.8 Å². The van der Waals surface area contributed by atoms with E-state index in [0.717, 1.165) is 48.5 Å². The zero-order valence-corrected chi connectivity index (χ0v) is 15.5. The van der Waals surface area contributed by atoms with Crippen LogP contribution in [-0.4, -0.2) is 33.3 Å². The molecule has 4 rings (SSSR count). The lowest BCUT2D eigenvalue weighted by atomic mass is 10.1. The molecule has 1 aliphatic rings. The fourth-order valence-electron chi connectivity index (χ4n) is 3.63. The third-order valence-corrected chi connectivity index (χ3v) is 5.28. The molecule has 0 spiro atoms. The number of rotatable bonds is 3. The van der Waals surface area contributed by atoms with Gasteiger partial charge in [0, 0.05) is 29.9 Å². The second kappa shape index (κ2) is 7.50. The van der Waals surface area contributed by atoms with Crippen LogP contribution in [0.5, 0.6) is 0 Å². The van der Waals surface area contributed by atoms with Crippen molar-refractivity contribution < 1.29 is 4.79 Å². The number of benzene rings is 1. The van der Waals surface area contributed by atoms with Crippen LogP contribution < -0.4 is 0 Å². The molecule has 1 aromatic carbocycles. The standard InChI is InChI=1S/C21H22ClN3O/c22-17-10-8-16(9-11-17)21-18(25-14-6-3-7-19(25)23-21)15-20(26)24-12-4-1-2-5-13-24/h3,6-11,14H,1-2,4-5,12-13,15H2. The average molecular weight is 368 g/mol. The molecule has 0 aliphatic carbocycles. The van der Waals surface area contributed by atoms with Crippen LogP contribution in [-0.2, 0) is 11.2 Å². The monoisotopic (exact) mass is 367 g/mol. The molecule has 0 N–H and O–H groups in total. The van der Waals surface area contributed by atoms with Gasteiger partial charge in [0.05, 0.1) is 17.8 Å². The maximum Gasteiger partial charge on any atom is 0.228 e. The van der Waals surface area contributed by atoms with Crippen molar-refractivity contribution in [3.8, 4) is 11.3 Å². The maximum absolute atomic E-state index is 13.0. The van der Waals surface area contributed by atoms with Crippen LogP contribution in [0.15, 0.2) is 48.7 Å². The Morgan fingerprint density at radius 1 is 1.00 bits per heavy atom. The van der Waals surface area contributed by atoms with Gasteiger partial charge in [-0.2, -0.15) is 0 Å². The maximum atomic E-state index is 13.0. The molecular formula is C21H22ClN3O. The fraction of sp³-hybridized carbons (Fsp3) is 0.333. The molecule has 1 amide bonds. The van der Waals surface area contributed by atoms with Gasteiger partial charge in [0.1, 0.15) is 5.65 Å². The van der Waals surface area contributed by atoms with E-state index < -0.39 is 0 Å². The van der Waals surface area contributed by atoms with Gasteiger partial charge in [-0.1, -0.05) is 42.6 Å². The normalized spacial score (nSPS) is 15.2. The SMILES string of the molecule is O=C(Cc1c(-c2ccc(Cl)cc2)nc2ccccn12)N1CCCCCC1. The molecule has 0 saturated carbocycles. The summed E-state index contributed by atoms with van der Waals surface area (Å²) >= 11 is 6.03. The number of fused-ring (bicyclic) bond motifs is 1. The van der Waals surface area contributed by atoms with E-state index in [1.807, 2.05) is 58.0 Å². The molecule has 0 radical (unpaired) electrons. The van der Waals surface area contributed by atoms with Crippen molar-refractivity contribution in [1.82, 2.24) is 14.3 Å². The number of carbonyl (C=O) groups is 1. The fourth-order valence-corrected chi connectivity index (χ4v) is 3.76. The van der Waals surface area contributed by atoms with E-state index in [-0.39, 0.29) is 5.91 Å². The molecule has 0 unspecified atom stereocenters. The summed E-state index contributed by atoms with van der Waals surface area (Å²) in [6.45, 7) is 1.73. The summed E-state index contributed by atoms with van der Waals surface area (Å²) in [5.74, 6) is 0.188. The highest BCUT2D eigenvalue weighted by molar-refractivity contribution is 6.30. The average Bonchev–Trinajstić information content (AvgIpc) is 2.84. The Kier molecular flexibility index (Phi) is 4.93. The van der Waals surface area contributed by atoms with Crippen LogP contribution >= 0.6 is 11.6 Å². The minimum atomic E-state index is 0.188. The third kappa shape index (κ3) is 3.47.